The van der Waals surface area contributed by atoms with E-state index in [1.165, 1.54) is 19.3 Å². The highest BCUT2D eigenvalue weighted by atomic mass is 79.9. The second-order valence-electron chi connectivity index (χ2n) is 5.05. The van der Waals surface area contributed by atoms with Gasteiger partial charge >= 0.3 is 0 Å². The zero-order valence-corrected chi connectivity index (χ0v) is 12.2. The summed E-state index contributed by atoms with van der Waals surface area (Å²) in [7, 11) is 0. The molecule has 0 aliphatic heterocycles. The normalized spacial score (nSPS) is 16.7. The molecule has 1 saturated carbocycles. The van der Waals surface area contributed by atoms with Gasteiger partial charge in [-0.15, -0.1) is 0 Å². The van der Waals surface area contributed by atoms with Gasteiger partial charge in [-0.2, -0.15) is 5.10 Å². The Morgan fingerprint density at radius 3 is 2.89 bits per heavy atom. The molecule has 2 aromatic heterocycles. The quantitative estimate of drug-likeness (QED) is 0.923. The maximum Gasteiger partial charge on any atom is 0.272 e. The summed E-state index contributed by atoms with van der Waals surface area (Å²) >= 11 is 3.40. The third kappa shape index (κ3) is 2.81. The second-order valence-corrected chi connectivity index (χ2v) is 5.97. The predicted molar refractivity (Wildman–Crippen MR) is 77.2 cm³/mol. The Morgan fingerprint density at radius 2 is 2.11 bits per heavy atom. The Labute approximate surface area is 120 Å². The summed E-state index contributed by atoms with van der Waals surface area (Å²) < 4.78 is 2.67. The number of fused-ring (bicyclic) bond motifs is 1. The van der Waals surface area contributed by atoms with E-state index in [1.54, 1.807) is 4.52 Å². The fourth-order valence-corrected chi connectivity index (χ4v) is 2.90. The van der Waals surface area contributed by atoms with Gasteiger partial charge in [0.15, 0.2) is 5.69 Å². The fraction of sp³-hybridized carbons (Fsp3) is 0.429. The van der Waals surface area contributed by atoms with Crippen LogP contribution in [0.2, 0.25) is 0 Å². The Balaban J connectivity index is 1.77. The molecule has 2 heterocycles. The van der Waals surface area contributed by atoms with Gasteiger partial charge in [0.25, 0.3) is 5.91 Å². The number of aromatic nitrogens is 2. The summed E-state index contributed by atoms with van der Waals surface area (Å²) in [5.74, 6) is -0.0632. The standard InChI is InChI=1S/C14H16BrN3O/c15-10-6-7-12-8-13(17-18(12)9-10)14(19)16-11-4-2-1-3-5-11/h6-9,11H,1-5H2,(H,16,19). The second kappa shape index (κ2) is 5.33. The molecule has 100 valence electrons. The van der Waals surface area contributed by atoms with E-state index in [4.69, 9.17) is 0 Å². The minimum absolute atomic E-state index is 0.0632. The van der Waals surface area contributed by atoms with Crippen molar-refractivity contribution in [3.05, 3.63) is 34.6 Å². The maximum absolute atomic E-state index is 12.2. The van der Waals surface area contributed by atoms with E-state index in [0.717, 1.165) is 22.8 Å². The first-order valence-electron chi connectivity index (χ1n) is 6.68. The summed E-state index contributed by atoms with van der Waals surface area (Å²) in [6.07, 6.45) is 7.74. The average Bonchev–Trinajstić information content (AvgIpc) is 2.83. The van der Waals surface area contributed by atoms with E-state index in [2.05, 4.69) is 26.3 Å². The van der Waals surface area contributed by atoms with Crippen molar-refractivity contribution in [2.75, 3.05) is 0 Å². The van der Waals surface area contributed by atoms with Gasteiger partial charge in [0.2, 0.25) is 0 Å². The molecule has 1 N–H and O–H groups in total. The highest BCUT2D eigenvalue weighted by Crippen LogP contribution is 2.18. The molecular formula is C14H16BrN3O. The van der Waals surface area contributed by atoms with Crippen LogP contribution in [0, 0.1) is 0 Å². The van der Waals surface area contributed by atoms with E-state index in [-0.39, 0.29) is 5.91 Å². The Kier molecular flexibility index (Phi) is 3.55. The smallest absolute Gasteiger partial charge is 0.272 e. The van der Waals surface area contributed by atoms with Gasteiger partial charge < -0.3 is 5.32 Å². The zero-order chi connectivity index (χ0) is 13.2. The predicted octanol–water partition coefficient (Wildman–Crippen LogP) is 3.16. The van der Waals surface area contributed by atoms with Gasteiger partial charge in [-0.3, -0.25) is 4.79 Å². The van der Waals surface area contributed by atoms with Crippen LogP contribution < -0.4 is 5.32 Å². The highest BCUT2D eigenvalue weighted by molar-refractivity contribution is 9.10. The zero-order valence-electron chi connectivity index (χ0n) is 10.6. The average molecular weight is 322 g/mol. The van der Waals surface area contributed by atoms with Crippen LogP contribution in [-0.4, -0.2) is 21.6 Å². The molecule has 0 aromatic carbocycles. The number of pyridine rings is 1. The van der Waals surface area contributed by atoms with Gasteiger partial charge in [0.05, 0.1) is 5.52 Å². The SMILES string of the molecule is O=C(NC1CCCCC1)c1cc2ccc(Br)cn2n1. The van der Waals surface area contributed by atoms with Crippen molar-refractivity contribution in [3.8, 4) is 0 Å². The highest BCUT2D eigenvalue weighted by Gasteiger charge is 2.18. The van der Waals surface area contributed by atoms with E-state index in [1.807, 2.05) is 24.4 Å². The van der Waals surface area contributed by atoms with Crippen LogP contribution in [0.1, 0.15) is 42.6 Å². The molecule has 1 fully saturated rings. The summed E-state index contributed by atoms with van der Waals surface area (Å²) in [4.78, 5) is 12.2. The summed E-state index contributed by atoms with van der Waals surface area (Å²) in [5, 5.41) is 7.40. The summed E-state index contributed by atoms with van der Waals surface area (Å²) in [5.41, 5.74) is 1.42. The molecule has 0 saturated heterocycles. The van der Waals surface area contributed by atoms with E-state index < -0.39 is 0 Å². The molecular weight excluding hydrogens is 306 g/mol. The number of nitrogens with one attached hydrogen (secondary N) is 1. The van der Waals surface area contributed by atoms with E-state index in [9.17, 15) is 4.79 Å². The lowest BCUT2D eigenvalue weighted by molar-refractivity contribution is 0.0922. The first-order chi connectivity index (χ1) is 9.22. The van der Waals surface area contributed by atoms with Gasteiger partial charge in [-0.25, -0.2) is 4.52 Å². The van der Waals surface area contributed by atoms with Crippen molar-refractivity contribution in [3.63, 3.8) is 0 Å². The molecule has 2 aromatic rings. The molecule has 0 unspecified atom stereocenters. The summed E-state index contributed by atoms with van der Waals surface area (Å²) in [6.45, 7) is 0. The third-order valence-corrected chi connectivity index (χ3v) is 4.07. The van der Waals surface area contributed by atoms with Crippen molar-refractivity contribution in [2.24, 2.45) is 0 Å². The first kappa shape index (κ1) is 12.7. The number of nitrogens with zero attached hydrogens (tertiary/aromatic N) is 2. The van der Waals surface area contributed by atoms with Crippen LogP contribution >= 0.6 is 15.9 Å². The molecule has 0 spiro atoms. The minimum atomic E-state index is -0.0632. The molecule has 19 heavy (non-hydrogen) atoms. The number of amides is 1. The Bertz CT molecular complexity index is 602. The van der Waals surface area contributed by atoms with Crippen molar-refractivity contribution in [1.29, 1.82) is 0 Å². The largest absolute Gasteiger partial charge is 0.348 e. The topological polar surface area (TPSA) is 46.4 Å². The lowest BCUT2D eigenvalue weighted by Gasteiger charge is -2.22. The minimum Gasteiger partial charge on any atom is -0.348 e. The number of rotatable bonds is 2. The van der Waals surface area contributed by atoms with Gasteiger partial charge in [-0.1, -0.05) is 19.3 Å². The number of carbonyl (C=O) groups is 1. The fourth-order valence-electron chi connectivity index (χ4n) is 2.58. The van der Waals surface area contributed by atoms with Crippen molar-refractivity contribution < 1.29 is 4.79 Å². The van der Waals surface area contributed by atoms with Gasteiger partial charge in [-0.05, 0) is 47.0 Å². The van der Waals surface area contributed by atoms with Gasteiger partial charge in [0, 0.05) is 16.7 Å². The monoisotopic (exact) mass is 321 g/mol. The number of hydrogen-bond acceptors (Lipinski definition) is 2. The lowest BCUT2D eigenvalue weighted by Crippen LogP contribution is -2.36. The van der Waals surface area contributed by atoms with Gasteiger partial charge in [0.1, 0.15) is 0 Å². The van der Waals surface area contributed by atoms with Crippen LogP contribution in [0.4, 0.5) is 0 Å². The molecule has 1 aliphatic carbocycles. The van der Waals surface area contributed by atoms with Crippen LogP contribution in [-0.2, 0) is 0 Å². The van der Waals surface area contributed by atoms with Crippen molar-refractivity contribution >= 4 is 27.4 Å². The number of hydrogen-bond donors (Lipinski definition) is 1. The maximum atomic E-state index is 12.2. The molecule has 0 atom stereocenters. The van der Waals surface area contributed by atoms with Crippen LogP contribution in [0.15, 0.2) is 28.9 Å². The van der Waals surface area contributed by atoms with Crippen LogP contribution in [0.5, 0.6) is 0 Å². The van der Waals surface area contributed by atoms with Crippen molar-refractivity contribution in [2.45, 2.75) is 38.1 Å². The van der Waals surface area contributed by atoms with Crippen molar-refractivity contribution in [1.82, 2.24) is 14.9 Å². The van der Waals surface area contributed by atoms with E-state index in [0.29, 0.717) is 11.7 Å². The molecule has 5 heteroatoms. The van der Waals surface area contributed by atoms with Crippen LogP contribution in [0.25, 0.3) is 5.52 Å². The molecule has 1 amide bonds. The van der Waals surface area contributed by atoms with E-state index >= 15 is 0 Å². The number of carbonyl (C=O) groups excluding carboxylic acids is 1. The molecule has 3 rings (SSSR count). The Morgan fingerprint density at radius 1 is 1.32 bits per heavy atom. The molecule has 0 radical (unpaired) electrons. The number of halogens is 1. The first-order valence-corrected chi connectivity index (χ1v) is 7.47. The lowest BCUT2D eigenvalue weighted by atomic mass is 9.95. The Hall–Kier alpha value is -1.36. The molecule has 4 nitrogen and oxygen atoms in total. The molecule has 0 bridgehead atoms. The van der Waals surface area contributed by atoms with Crippen LogP contribution in [0.3, 0.4) is 0 Å². The summed E-state index contributed by atoms with van der Waals surface area (Å²) in [6, 6.07) is 6.02. The molecule has 1 aliphatic rings. The third-order valence-electron chi connectivity index (χ3n) is 3.60.